The minimum atomic E-state index is -0.763. The van der Waals surface area contributed by atoms with E-state index in [0.717, 1.165) is 42.4 Å². The third-order valence-electron chi connectivity index (χ3n) is 8.15. The monoisotopic (exact) mass is 593 g/mol. The summed E-state index contributed by atoms with van der Waals surface area (Å²) in [6.07, 6.45) is 12.2. The number of aromatic nitrogens is 2. The highest BCUT2D eigenvalue weighted by Gasteiger charge is 2.28. The van der Waals surface area contributed by atoms with E-state index in [9.17, 15) is 19.2 Å². The maximum Gasteiger partial charge on any atom is 0.272 e. The predicted octanol–water partition coefficient (Wildman–Crippen LogP) is 5.01. The van der Waals surface area contributed by atoms with Gasteiger partial charge in [0, 0.05) is 18.3 Å². The lowest BCUT2D eigenvalue weighted by Gasteiger charge is -2.27. The van der Waals surface area contributed by atoms with Crippen LogP contribution in [-0.4, -0.2) is 45.4 Å². The van der Waals surface area contributed by atoms with Crippen LogP contribution in [0.5, 0.6) is 0 Å². The Kier molecular flexibility index (Phi) is 10.1. The molecule has 1 saturated carbocycles. The first-order valence-corrected chi connectivity index (χ1v) is 15.4. The normalized spacial score (nSPS) is 16.2. The smallest absolute Gasteiger partial charge is 0.272 e. The standard InChI is InChI=1S/C35H39N5O4/c1-22(2)36-20-26-14-12-24(16-25-13-15-32(41)33(42)19-25)18-29(26)39-34(43)30(17-23-8-4-3-5-9-23)40-35(44)31-21-37-27-10-6-7-11-28(27)38-31/h6-7,10-15,18-19,21-23,30,36H,3-5,8-9,16-17,20H2,1-2H3,(H,39,43)(H,40,44)/t30-/m0/s1. The van der Waals surface area contributed by atoms with E-state index in [0.29, 0.717) is 42.0 Å². The fraction of sp³-hybridized carbons (Fsp3) is 0.371. The van der Waals surface area contributed by atoms with Crippen molar-refractivity contribution < 1.29 is 19.2 Å². The molecule has 5 rings (SSSR count). The molecule has 2 aliphatic carbocycles. The Morgan fingerprint density at radius 2 is 1.73 bits per heavy atom. The second-order valence-electron chi connectivity index (χ2n) is 12.0. The van der Waals surface area contributed by atoms with Crippen LogP contribution in [0, 0.1) is 5.92 Å². The number of benzene rings is 2. The zero-order valence-electron chi connectivity index (χ0n) is 25.3. The molecular formula is C35H39N5O4. The Labute approximate surface area is 257 Å². The highest BCUT2D eigenvalue weighted by atomic mass is 16.2. The topological polar surface area (TPSA) is 130 Å². The summed E-state index contributed by atoms with van der Waals surface area (Å²) in [7, 11) is 0. The van der Waals surface area contributed by atoms with Gasteiger partial charge in [0.15, 0.2) is 0 Å². The van der Waals surface area contributed by atoms with Crippen LogP contribution in [0.15, 0.2) is 72.5 Å². The van der Waals surface area contributed by atoms with Gasteiger partial charge >= 0.3 is 0 Å². The van der Waals surface area contributed by atoms with E-state index >= 15 is 0 Å². The molecule has 2 aromatic carbocycles. The largest absolute Gasteiger partial charge is 0.339 e. The summed E-state index contributed by atoms with van der Waals surface area (Å²) in [6, 6.07) is 12.6. The summed E-state index contributed by atoms with van der Waals surface area (Å²) < 4.78 is 0. The van der Waals surface area contributed by atoms with E-state index < -0.39 is 23.5 Å². The van der Waals surface area contributed by atoms with Gasteiger partial charge in [0.2, 0.25) is 17.5 Å². The molecule has 0 saturated heterocycles. The molecule has 2 aliphatic rings. The SMILES string of the molecule is CC(C)NCc1ccc(CC2=CC(=O)C(=O)C=C2)cc1NC(=O)[C@H](CC1CCCCC1)NC(=O)c1cnc2ccccc2n1. The van der Waals surface area contributed by atoms with Crippen LogP contribution in [-0.2, 0) is 27.3 Å². The number of para-hydroxylation sites is 2. The fourth-order valence-electron chi connectivity index (χ4n) is 5.72. The van der Waals surface area contributed by atoms with E-state index in [1.807, 2.05) is 36.4 Å². The Balaban J connectivity index is 1.38. The van der Waals surface area contributed by atoms with Gasteiger partial charge in [-0.2, -0.15) is 0 Å². The first-order valence-electron chi connectivity index (χ1n) is 15.4. The number of anilines is 1. The van der Waals surface area contributed by atoms with Gasteiger partial charge in [-0.05, 0) is 65.8 Å². The quantitative estimate of drug-likeness (QED) is 0.210. The zero-order chi connectivity index (χ0) is 31.1. The zero-order valence-corrected chi connectivity index (χ0v) is 25.3. The lowest BCUT2D eigenvalue weighted by molar-refractivity contribution is -0.131. The van der Waals surface area contributed by atoms with Gasteiger partial charge in [-0.15, -0.1) is 0 Å². The molecule has 0 aliphatic heterocycles. The molecule has 2 amide bonds. The molecule has 0 bridgehead atoms. The number of hydrogen-bond donors (Lipinski definition) is 3. The summed E-state index contributed by atoms with van der Waals surface area (Å²) >= 11 is 0. The number of nitrogens with one attached hydrogen (secondary N) is 3. The predicted molar refractivity (Wildman–Crippen MR) is 170 cm³/mol. The second kappa shape index (κ2) is 14.3. The summed E-state index contributed by atoms with van der Waals surface area (Å²) in [5.41, 5.74) is 4.61. The molecule has 0 radical (unpaired) electrons. The van der Waals surface area contributed by atoms with Crippen LogP contribution >= 0.6 is 0 Å². The van der Waals surface area contributed by atoms with Gasteiger partial charge in [-0.25, -0.2) is 4.98 Å². The molecule has 3 aromatic rings. The van der Waals surface area contributed by atoms with Gasteiger partial charge < -0.3 is 16.0 Å². The first-order chi connectivity index (χ1) is 21.2. The number of nitrogens with zero attached hydrogens (tertiary/aromatic N) is 2. The molecule has 9 nitrogen and oxygen atoms in total. The van der Waals surface area contributed by atoms with E-state index in [1.165, 1.54) is 24.8 Å². The number of rotatable bonds is 11. The van der Waals surface area contributed by atoms with Crippen LogP contribution in [0.1, 0.15) is 74.0 Å². The lowest BCUT2D eigenvalue weighted by atomic mass is 9.84. The number of allylic oxidation sites excluding steroid dienone is 4. The Morgan fingerprint density at radius 1 is 0.955 bits per heavy atom. The number of ketones is 2. The van der Waals surface area contributed by atoms with Crippen LogP contribution in [0.4, 0.5) is 5.69 Å². The van der Waals surface area contributed by atoms with Gasteiger partial charge in [0.1, 0.15) is 11.7 Å². The van der Waals surface area contributed by atoms with E-state index in [-0.39, 0.29) is 17.6 Å². The molecule has 44 heavy (non-hydrogen) atoms. The Morgan fingerprint density at radius 3 is 2.48 bits per heavy atom. The van der Waals surface area contributed by atoms with Crippen molar-refractivity contribution in [3.63, 3.8) is 0 Å². The average molecular weight is 594 g/mol. The summed E-state index contributed by atoms with van der Waals surface area (Å²) in [5.74, 6) is -1.46. The van der Waals surface area contributed by atoms with Crippen LogP contribution < -0.4 is 16.0 Å². The molecule has 0 unspecified atom stereocenters. The van der Waals surface area contributed by atoms with Crippen LogP contribution in [0.3, 0.4) is 0 Å². The maximum atomic E-state index is 13.9. The molecule has 9 heteroatoms. The fourth-order valence-corrected chi connectivity index (χ4v) is 5.72. The van der Waals surface area contributed by atoms with E-state index in [2.05, 4.69) is 39.8 Å². The maximum absolute atomic E-state index is 13.9. The summed E-state index contributed by atoms with van der Waals surface area (Å²) in [4.78, 5) is 59.7. The molecule has 3 N–H and O–H groups in total. The third-order valence-corrected chi connectivity index (χ3v) is 8.15. The number of carbonyl (C=O) groups is 4. The van der Waals surface area contributed by atoms with Crippen LogP contribution in [0.2, 0.25) is 0 Å². The van der Waals surface area contributed by atoms with Crippen LogP contribution in [0.25, 0.3) is 11.0 Å². The highest BCUT2D eigenvalue weighted by Crippen LogP contribution is 2.28. The minimum absolute atomic E-state index is 0.163. The van der Waals surface area contributed by atoms with E-state index in [4.69, 9.17) is 0 Å². The van der Waals surface area contributed by atoms with Crippen molar-refractivity contribution in [3.05, 3.63) is 89.3 Å². The number of fused-ring (bicyclic) bond motifs is 1. The van der Waals surface area contributed by atoms with Crippen molar-refractivity contribution >= 4 is 40.1 Å². The third kappa shape index (κ3) is 8.11. The number of amides is 2. The first kappa shape index (κ1) is 30.9. The Hall–Kier alpha value is -4.50. The van der Waals surface area contributed by atoms with Crippen molar-refractivity contribution in [2.75, 3.05) is 5.32 Å². The number of carbonyl (C=O) groups excluding carboxylic acids is 4. The highest BCUT2D eigenvalue weighted by molar-refractivity contribution is 6.46. The summed E-state index contributed by atoms with van der Waals surface area (Å²) in [6.45, 7) is 4.64. The van der Waals surface area contributed by atoms with Gasteiger partial charge in [0.05, 0.1) is 17.2 Å². The van der Waals surface area contributed by atoms with Gasteiger partial charge in [-0.3, -0.25) is 24.2 Å². The van der Waals surface area contributed by atoms with Crippen molar-refractivity contribution in [1.29, 1.82) is 0 Å². The van der Waals surface area contributed by atoms with Crippen molar-refractivity contribution in [2.24, 2.45) is 5.92 Å². The molecule has 228 valence electrons. The Bertz CT molecular complexity index is 1620. The van der Waals surface area contributed by atoms with Crippen molar-refractivity contribution in [2.45, 2.75) is 77.4 Å². The molecule has 0 spiro atoms. The lowest BCUT2D eigenvalue weighted by Crippen LogP contribution is -2.45. The van der Waals surface area contributed by atoms with Crippen molar-refractivity contribution in [1.82, 2.24) is 20.6 Å². The summed E-state index contributed by atoms with van der Waals surface area (Å²) in [5, 5.41) is 9.49. The van der Waals surface area contributed by atoms with Gasteiger partial charge in [-0.1, -0.05) is 76.3 Å². The molecular weight excluding hydrogens is 554 g/mol. The average Bonchev–Trinajstić information content (AvgIpc) is 3.02. The van der Waals surface area contributed by atoms with Gasteiger partial charge in [0.25, 0.3) is 5.91 Å². The number of hydrogen-bond acceptors (Lipinski definition) is 7. The molecule has 1 aromatic heterocycles. The van der Waals surface area contributed by atoms with Crippen molar-refractivity contribution in [3.8, 4) is 0 Å². The minimum Gasteiger partial charge on any atom is -0.339 e. The second-order valence-corrected chi connectivity index (χ2v) is 12.0. The molecule has 1 heterocycles. The van der Waals surface area contributed by atoms with E-state index in [1.54, 1.807) is 12.1 Å². The molecule has 1 atom stereocenters. The molecule has 1 fully saturated rings.